The van der Waals surface area contributed by atoms with E-state index in [0.717, 1.165) is 0 Å². The molecule has 0 amide bonds. The molecule has 3 nitrogen and oxygen atoms in total. The molecule has 0 aliphatic heterocycles. The quantitative estimate of drug-likeness (QED) is 0.783. The highest BCUT2D eigenvalue weighted by Gasteiger charge is 2.18. The van der Waals surface area contributed by atoms with Gasteiger partial charge in [-0.25, -0.2) is 4.98 Å². The third-order valence-electron chi connectivity index (χ3n) is 3.13. The largest absolute Gasteiger partial charge is 0.330 e. The molecule has 1 fully saturated rings. The maximum absolute atomic E-state index is 5.90. The van der Waals surface area contributed by atoms with Crippen molar-refractivity contribution < 1.29 is 0 Å². The molecule has 78 valence electrons. The minimum absolute atomic E-state index is 0.0967. The molecule has 2 rings (SSSR count). The summed E-state index contributed by atoms with van der Waals surface area (Å²) < 4.78 is 2.28. The minimum Gasteiger partial charge on any atom is -0.330 e. The molecular formula is C11H19N3. The van der Waals surface area contributed by atoms with Crippen LogP contribution in [0.2, 0.25) is 0 Å². The van der Waals surface area contributed by atoms with E-state index < -0.39 is 0 Å². The molecule has 0 radical (unpaired) electrons. The zero-order chi connectivity index (χ0) is 9.97. The van der Waals surface area contributed by atoms with Gasteiger partial charge in [0.25, 0.3) is 0 Å². The fraction of sp³-hybridized carbons (Fsp3) is 0.727. The lowest BCUT2D eigenvalue weighted by Gasteiger charge is -2.25. The van der Waals surface area contributed by atoms with Crippen LogP contribution in [-0.4, -0.2) is 9.55 Å². The van der Waals surface area contributed by atoms with Crippen LogP contribution < -0.4 is 5.73 Å². The number of imidazole rings is 1. The second kappa shape index (κ2) is 4.13. The van der Waals surface area contributed by atoms with Crippen molar-refractivity contribution in [1.82, 2.24) is 9.55 Å². The molecular weight excluding hydrogens is 174 g/mol. The first kappa shape index (κ1) is 9.71. The summed E-state index contributed by atoms with van der Waals surface area (Å²) in [4.78, 5) is 4.20. The Morgan fingerprint density at radius 3 is 2.79 bits per heavy atom. The highest BCUT2D eigenvalue weighted by atomic mass is 15.1. The van der Waals surface area contributed by atoms with Crippen molar-refractivity contribution in [2.24, 2.45) is 5.73 Å². The SMILES string of the molecule is C[C@@H](N)c1cncn1C1CCCCC1. The van der Waals surface area contributed by atoms with Crippen LogP contribution in [0, 0.1) is 0 Å². The van der Waals surface area contributed by atoms with Crippen LogP contribution in [-0.2, 0) is 0 Å². The summed E-state index contributed by atoms with van der Waals surface area (Å²) in [5, 5.41) is 0. The van der Waals surface area contributed by atoms with Crippen molar-refractivity contribution in [2.75, 3.05) is 0 Å². The first-order valence-electron chi connectivity index (χ1n) is 5.56. The summed E-state index contributed by atoms with van der Waals surface area (Å²) in [5.74, 6) is 0. The van der Waals surface area contributed by atoms with E-state index in [-0.39, 0.29) is 6.04 Å². The molecule has 0 unspecified atom stereocenters. The summed E-state index contributed by atoms with van der Waals surface area (Å²) in [7, 11) is 0. The molecule has 0 saturated heterocycles. The zero-order valence-electron chi connectivity index (χ0n) is 8.82. The molecule has 1 heterocycles. The van der Waals surface area contributed by atoms with E-state index in [1.807, 2.05) is 19.4 Å². The number of aromatic nitrogens is 2. The van der Waals surface area contributed by atoms with E-state index in [2.05, 4.69) is 9.55 Å². The van der Waals surface area contributed by atoms with Gasteiger partial charge in [-0.1, -0.05) is 19.3 Å². The van der Waals surface area contributed by atoms with Crippen LogP contribution in [0.4, 0.5) is 0 Å². The van der Waals surface area contributed by atoms with Crippen LogP contribution in [0.15, 0.2) is 12.5 Å². The third kappa shape index (κ3) is 1.82. The van der Waals surface area contributed by atoms with Crippen LogP contribution in [0.3, 0.4) is 0 Å². The number of hydrogen-bond donors (Lipinski definition) is 1. The molecule has 14 heavy (non-hydrogen) atoms. The number of hydrogen-bond acceptors (Lipinski definition) is 2. The van der Waals surface area contributed by atoms with Gasteiger partial charge in [0.2, 0.25) is 0 Å². The highest BCUT2D eigenvalue weighted by molar-refractivity contribution is 5.05. The first-order valence-corrected chi connectivity index (χ1v) is 5.56. The summed E-state index contributed by atoms with van der Waals surface area (Å²) in [5.41, 5.74) is 7.08. The van der Waals surface area contributed by atoms with Crippen molar-refractivity contribution in [3.63, 3.8) is 0 Å². The van der Waals surface area contributed by atoms with E-state index in [1.165, 1.54) is 37.8 Å². The van der Waals surface area contributed by atoms with E-state index in [9.17, 15) is 0 Å². The predicted molar refractivity (Wildman–Crippen MR) is 57.0 cm³/mol. The van der Waals surface area contributed by atoms with Gasteiger partial charge in [-0.3, -0.25) is 0 Å². The maximum Gasteiger partial charge on any atom is 0.0951 e. The van der Waals surface area contributed by atoms with Crippen molar-refractivity contribution in [3.05, 3.63) is 18.2 Å². The Morgan fingerprint density at radius 2 is 2.14 bits per heavy atom. The fourth-order valence-corrected chi connectivity index (χ4v) is 2.33. The monoisotopic (exact) mass is 193 g/mol. The second-order valence-corrected chi connectivity index (χ2v) is 4.31. The molecule has 0 spiro atoms. The number of rotatable bonds is 2. The lowest BCUT2D eigenvalue weighted by Crippen LogP contribution is -2.18. The van der Waals surface area contributed by atoms with Crippen LogP contribution >= 0.6 is 0 Å². The molecule has 3 heteroatoms. The number of nitrogens with two attached hydrogens (primary N) is 1. The third-order valence-corrected chi connectivity index (χ3v) is 3.13. The Kier molecular flexibility index (Phi) is 2.87. The van der Waals surface area contributed by atoms with Crippen LogP contribution in [0.1, 0.15) is 56.8 Å². The lowest BCUT2D eigenvalue weighted by atomic mass is 9.95. The Morgan fingerprint density at radius 1 is 1.43 bits per heavy atom. The maximum atomic E-state index is 5.90. The Labute approximate surface area is 85.3 Å². The van der Waals surface area contributed by atoms with Crippen molar-refractivity contribution in [1.29, 1.82) is 0 Å². The molecule has 1 saturated carbocycles. The van der Waals surface area contributed by atoms with Gasteiger partial charge in [-0.15, -0.1) is 0 Å². The van der Waals surface area contributed by atoms with E-state index in [4.69, 9.17) is 5.73 Å². The number of nitrogens with zero attached hydrogens (tertiary/aromatic N) is 2. The molecule has 0 aromatic carbocycles. The van der Waals surface area contributed by atoms with Crippen molar-refractivity contribution in [3.8, 4) is 0 Å². The van der Waals surface area contributed by atoms with Gasteiger partial charge in [-0.2, -0.15) is 0 Å². The van der Waals surface area contributed by atoms with Crippen molar-refractivity contribution in [2.45, 2.75) is 51.1 Å². The van der Waals surface area contributed by atoms with E-state index in [0.29, 0.717) is 6.04 Å². The molecule has 2 N–H and O–H groups in total. The van der Waals surface area contributed by atoms with Crippen LogP contribution in [0.25, 0.3) is 0 Å². The zero-order valence-corrected chi connectivity index (χ0v) is 8.82. The lowest BCUT2D eigenvalue weighted by molar-refractivity contribution is 0.343. The average molecular weight is 193 g/mol. The first-order chi connectivity index (χ1) is 6.79. The van der Waals surface area contributed by atoms with Gasteiger partial charge in [0.05, 0.1) is 12.0 Å². The molecule has 0 bridgehead atoms. The second-order valence-electron chi connectivity index (χ2n) is 4.31. The van der Waals surface area contributed by atoms with Gasteiger partial charge in [-0.05, 0) is 19.8 Å². The van der Waals surface area contributed by atoms with E-state index >= 15 is 0 Å². The molecule has 1 aromatic heterocycles. The molecule has 1 atom stereocenters. The minimum atomic E-state index is 0.0967. The van der Waals surface area contributed by atoms with Gasteiger partial charge < -0.3 is 10.3 Å². The Bertz CT molecular complexity index is 284. The summed E-state index contributed by atoms with van der Waals surface area (Å²) >= 11 is 0. The predicted octanol–water partition coefficient (Wildman–Crippen LogP) is 2.41. The molecule has 1 aliphatic carbocycles. The van der Waals surface area contributed by atoms with Gasteiger partial charge in [0.15, 0.2) is 0 Å². The smallest absolute Gasteiger partial charge is 0.0951 e. The summed E-state index contributed by atoms with van der Waals surface area (Å²) in [6.45, 7) is 2.02. The summed E-state index contributed by atoms with van der Waals surface area (Å²) in [6.07, 6.45) is 10.5. The Balaban J connectivity index is 2.17. The van der Waals surface area contributed by atoms with Crippen LogP contribution in [0.5, 0.6) is 0 Å². The highest BCUT2D eigenvalue weighted by Crippen LogP contribution is 2.29. The Hall–Kier alpha value is -0.830. The van der Waals surface area contributed by atoms with E-state index in [1.54, 1.807) is 0 Å². The fourth-order valence-electron chi connectivity index (χ4n) is 2.33. The topological polar surface area (TPSA) is 43.8 Å². The molecule has 1 aliphatic rings. The van der Waals surface area contributed by atoms with Gasteiger partial charge in [0, 0.05) is 18.3 Å². The standard InChI is InChI=1S/C11H19N3/c1-9(12)11-7-13-8-14(11)10-5-3-2-4-6-10/h7-10H,2-6,12H2,1H3/t9-/m1/s1. The van der Waals surface area contributed by atoms with Gasteiger partial charge in [0.1, 0.15) is 0 Å². The molecule has 1 aromatic rings. The summed E-state index contributed by atoms with van der Waals surface area (Å²) in [6, 6.07) is 0.742. The average Bonchev–Trinajstić information content (AvgIpc) is 2.67. The van der Waals surface area contributed by atoms with Gasteiger partial charge >= 0.3 is 0 Å². The normalized spacial score (nSPS) is 21.0. The van der Waals surface area contributed by atoms with Crippen molar-refractivity contribution >= 4 is 0 Å².